The van der Waals surface area contributed by atoms with Gasteiger partial charge in [-0.05, 0) is 32.3 Å². The summed E-state index contributed by atoms with van der Waals surface area (Å²) >= 11 is 0. The summed E-state index contributed by atoms with van der Waals surface area (Å²) in [6.07, 6.45) is 4.18. The first-order valence-electron chi connectivity index (χ1n) is 9.18. The molecule has 1 heterocycles. The van der Waals surface area contributed by atoms with Crippen LogP contribution in [0.2, 0.25) is 0 Å². The molecule has 1 aromatic rings. The van der Waals surface area contributed by atoms with Crippen molar-refractivity contribution in [2.45, 2.75) is 64.5 Å². The van der Waals surface area contributed by atoms with E-state index in [2.05, 4.69) is 15.7 Å². The molecule has 0 aromatic carbocycles. The average molecular weight is 364 g/mol. The molecule has 0 spiro atoms. The van der Waals surface area contributed by atoms with Gasteiger partial charge in [0.25, 0.3) is 5.91 Å². The number of carboxylic acid groups (broad SMARTS) is 1. The molecule has 8 heteroatoms. The van der Waals surface area contributed by atoms with Gasteiger partial charge in [-0.3, -0.25) is 19.1 Å². The fourth-order valence-corrected chi connectivity index (χ4v) is 3.29. The lowest BCUT2D eigenvalue weighted by molar-refractivity contribution is -0.142. The number of hydrogen-bond acceptors (Lipinski definition) is 4. The maximum Gasteiger partial charge on any atom is 0.308 e. The Balaban J connectivity index is 2.04. The number of amides is 2. The summed E-state index contributed by atoms with van der Waals surface area (Å²) in [5.41, 5.74) is 1.11. The maximum absolute atomic E-state index is 12.7. The van der Waals surface area contributed by atoms with E-state index in [1.807, 2.05) is 13.8 Å². The summed E-state index contributed by atoms with van der Waals surface area (Å²) in [5, 5.41) is 19.0. The van der Waals surface area contributed by atoms with Crippen LogP contribution in [0.4, 0.5) is 0 Å². The number of rotatable bonds is 8. The lowest BCUT2D eigenvalue weighted by atomic mass is 10.0. The van der Waals surface area contributed by atoms with Gasteiger partial charge in [0.2, 0.25) is 5.91 Å². The van der Waals surface area contributed by atoms with Crippen LogP contribution in [-0.4, -0.2) is 44.8 Å². The Kier molecular flexibility index (Phi) is 6.76. The number of aliphatic carboxylic acids is 1. The predicted molar refractivity (Wildman–Crippen MR) is 95.6 cm³/mol. The van der Waals surface area contributed by atoms with E-state index >= 15 is 0 Å². The largest absolute Gasteiger partial charge is 0.481 e. The standard InChI is InChI=1S/C18H28N4O4/c1-4-5-8-14(20-17(24)15-10-11(2)22(3)21-15)16(23)19-13-9-6-7-12(13)18(25)26/h10,12-14H,4-9H2,1-3H3,(H,19,23)(H,20,24)(H,25,26)/t12-,13+,14+/m1/s1. The highest BCUT2D eigenvalue weighted by Gasteiger charge is 2.35. The summed E-state index contributed by atoms with van der Waals surface area (Å²) < 4.78 is 1.60. The molecule has 144 valence electrons. The molecule has 0 radical (unpaired) electrons. The average Bonchev–Trinajstić information content (AvgIpc) is 3.18. The molecule has 0 saturated heterocycles. The molecule has 3 N–H and O–H groups in total. The number of carboxylic acids is 1. The van der Waals surface area contributed by atoms with Gasteiger partial charge in [0.15, 0.2) is 0 Å². The minimum Gasteiger partial charge on any atom is -0.481 e. The van der Waals surface area contributed by atoms with E-state index in [4.69, 9.17) is 0 Å². The quantitative estimate of drug-likeness (QED) is 0.645. The zero-order chi connectivity index (χ0) is 19.3. The second-order valence-electron chi connectivity index (χ2n) is 6.95. The van der Waals surface area contributed by atoms with Gasteiger partial charge in [0.1, 0.15) is 11.7 Å². The number of aromatic nitrogens is 2. The third kappa shape index (κ3) is 4.83. The fraction of sp³-hybridized carbons (Fsp3) is 0.667. The smallest absolute Gasteiger partial charge is 0.308 e. The van der Waals surface area contributed by atoms with Crippen LogP contribution in [0.15, 0.2) is 6.07 Å². The van der Waals surface area contributed by atoms with Crippen molar-refractivity contribution in [3.05, 3.63) is 17.5 Å². The first kappa shape index (κ1) is 19.9. The summed E-state index contributed by atoms with van der Waals surface area (Å²) in [6, 6.07) is 0.597. The van der Waals surface area contributed by atoms with Crippen LogP contribution in [0.25, 0.3) is 0 Å². The third-order valence-electron chi connectivity index (χ3n) is 4.98. The number of aryl methyl sites for hydroxylation is 2. The molecule has 0 unspecified atom stereocenters. The number of unbranched alkanes of at least 4 members (excludes halogenated alkanes) is 1. The molecule has 1 aliphatic rings. The van der Waals surface area contributed by atoms with E-state index in [0.717, 1.165) is 25.0 Å². The van der Waals surface area contributed by atoms with E-state index in [0.29, 0.717) is 19.3 Å². The highest BCUT2D eigenvalue weighted by atomic mass is 16.4. The van der Waals surface area contributed by atoms with Crippen LogP contribution in [-0.2, 0) is 16.6 Å². The van der Waals surface area contributed by atoms with Crippen LogP contribution in [0.5, 0.6) is 0 Å². The SMILES string of the molecule is CCCC[C@H](NC(=O)c1cc(C)n(C)n1)C(=O)N[C@H]1CCC[C@H]1C(=O)O. The Hall–Kier alpha value is -2.38. The van der Waals surface area contributed by atoms with E-state index in [1.54, 1.807) is 17.8 Å². The molecule has 1 saturated carbocycles. The van der Waals surface area contributed by atoms with Gasteiger partial charge in [-0.25, -0.2) is 0 Å². The molecule has 8 nitrogen and oxygen atoms in total. The Morgan fingerprint density at radius 1 is 1.38 bits per heavy atom. The normalized spacial score (nSPS) is 20.6. The van der Waals surface area contributed by atoms with Crippen molar-refractivity contribution in [2.24, 2.45) is 13.0 Å². The topological polar surface area (TPSA) is 113 Å². The maximum atomic E-state index is 12.7. The number of carbonyl (C=O) groups is 3. The number of hydrogen-bond donors (Lipinski definition) is 3. The highest BCUT2D eigenvalue weighted by Crippen LogP contribution is 2.26. The molecule has 2 rings (SSSR count). The molecule has 0 aliphatic heterocycles. The van der Waals surface area contributed by atoms with Crippen LogP contribution in [0.1, 0.15) is 61.6 Å². The van der Waals surface area contributed by atoms with E-state index < -0.39 is 23.8 Å². The van der Waals surface area contributed by atoms with Crippen LogP contribution in [0.3, 0.4) is 0 Å². The van der Waals surface area contributed by atoms with Gasteiger partial charge in [-0.1, -0.05) is 26.2 Å². The van der Waals surface area contributed by atoms with Crippen LogP contribution >= 0.6 is 0 Å². The second-order valence-corrected chi connectivity index (χ2v) is 6.95. The summed E-state index contributed by atoms with van der Waals surface area (Å²) in [4.78, 5) is 36.4. The van der Waals surface area contributed by atoms with Crippen molar-refractivity contribution in [3.63, 3.8) is 0 Å². The molecule has 1 aromatic heterocycles. The first-order chi connectivity index (χ1) is 12.3. The van der Waals surface area contributed by atoms with Crippen molar-refractivity contribution in [2.75, 3.05) is 0 Å². The number of nitrogens with one attached hydrogen (secondary N) is 2. The van der Waals surface area contributed by atoms with Crippen molar-refractivity contribution in [1.82, 2.24) is 20.4 Å². The van der Waals surface area contributed by atoms with Gasteiger partial charge in [0, 0.05) is 18.8 Å². The van der Waals surface area contributed by atoms with Gasteiger partial charge in [-0.2, -0.15) is 5.10 Å². The lowest BCUT2D eigenvalue weighted by Crippen LogP contribution is -2.51. The summed E-state index contributed by atoms with van der Waals surface area (Å²) in [6.45, 7) is 3.85. The van der Waals surface area contributed by atoms with E-state index in [9.17, 15) is 19.5 Å². The Bertz CT molecular complexity index is 651. The monoisotopic (exact) mass is 364 g/mol. The summed E-state index contributed by atoms with van der Waals surface area (Å²) in [5.74, 6) is -2.16. The summed E-state index contributed by atoms with van der Waals surface area (Å²) in [7, 11) is 1.75. The molecule has 0 bridgehead atoms. The second kappa shape index (κ2) is 8.82. The minimum absolute atomic E-state index is 0.267. The molecule has 3 atom stereocenters. The van der Waals surface area contributed by atoms with Gasteiger partial charge >= 0.3 is 5.97 Å². The number of carbonyl (C=O) groups excluding carboxylic acids is 2. The Morgan fingerprint density at radius 2 is 2.12 bits per heavy atom. The fourth-order valence-electron chi connectivity index (χ4n) is 3.29. The van der Waals surface area contributed by atoms with Crippen molar-refractivity contribution in [3.8, 4) is 0 Å². The minimum atomic E-state index is -0.883. The predicted octanol–water partition coefficient (Wildman–Crippen LogP) is 1.39. The third-order valence-corrected chi connectivity index (χ3v) is 4.98. The van der Waals surface area contributed by atoms with Crippen LogP contribution < -0.4 is 10.6 Å². The van der Waals surface area contributed by atoms with Crippen LogP contribution in [0, 0.1) is 12.8 Å². The van der Waals surface area contributed by atoms with Gasteiger partial charge < -0.3 is 15.7 Å². The van der Waals surface area contributed by atoms with Crippen molar-refractivity contribution in [1.29, 1.82) is 0 Å². The molecular formula is C18H28N4O4. The first-order valence-corrected chi connectivity index (χ1v) is 9.18. The molecule has 2 amide bonds. The zero-order valence-corrected chi connectivity index (χ0v) is 15.6. The zero-order valence-electron chi connectivity index (χ0n) is 15.6. The van der Waals surface area contributed by atoms with Crippen molar-refractivity contribution >= 4 is 17.8 Å². The van der Waals surface area contributed by atoms with Gasteiger partial charge in [0.05, 0.1) is 5.92 Å². The van der Waals surface area contributed by atoms with Crippen molar-refractivity contribution < 1.29 is 19.5 Å². The number of nitrogens with zero attached hydrogens (tertiary/aromatic N) is 2. The molecule has 26 heavy (non-hydrogen) atoms. The molecule has 1 aliphatic carbocycles. The van der Waals surface area contributed by atoms with E-state index in [-0.39, 0.29) is 17.6 Å². The molecule has 1 fully saturated rings. The Labute approximate surface area is 153 Å². The lowest BCUT2D eigenvalue weighted by Gasteiger charge is -2.23. The molecular weight excluding hydrogens is 336 g/mol. The van der Waals surface area contributed by atoms with Gasteiger partial charge in [-0.15, -0.1) is 0 Å². The highest BCUT2D eigenvalue weighted by molar-refractivity contribution is 5.96. The Morgan fingerprint density at radius 3 is 2.69 bits per heavy atom. The van der Waals surface area contributed by atoms with E-state index in [1.165, 1.54) is 0 Å².